The van der Waals surface area contributed by atoms with Gasteiger partial charge in [0.1, 0.15) is 6.04 Å². The van der Waals surface area contributed by atoms with Crippen LogP contribution in [0, 0.1) is 17.2 Å². The number of likely N-dealkylation sites (tertiary alicyclic amines) is 1. The van der Waals surface area contributed by atoms with Gasteiger partial charge in [0, 0.05) is 6.54 Å². The summed E-state index contributed by atoms with van der Waals surface area (Å²) < 4.78 is 0. The van der Waals surface area contributed by atoms with Crippen molar-refractivity contribution in [3.8, 4) is 6.07 Å². The quantitative estimate of drug-likeness (QED) is 0.844. The molecule has 0 amide bonds. The van der Waals surface area contributed by atoms with Crippen LogP contribution in [0.1, 0.15) is 24.1 Å². The zero-order valence-electron chi connectivity index (χ0n) is 11.6. The first kappa shape index (κ1) is 12.9. The molecule has 1 aliphatic heterocycles. The summed E-state index contributed by atoms with van der Waals surface area (Å²) >= 11 is 0. The Hall–Kier alpha value is -2.11. The third kappa shape index (κ3) is 2.21. The Balaban J connectivity index is 2.00. The van der Waals surface area contributed by atoms with Crippen molar-refractivity contribution in [3.63, 3.8) is 0 Å². The van der Waals surface area contributed by atoms with Gasteiger partial charge in [-0.15, -0.1) is 0 Å². The van der Waals surface area contributed by atoms with Gasteiger partial charge in [0.05, 0.1) is 12.1 Å². The van der Waals surface area contributed by atoms with Gasteiger partial charge >= 0.3 is 0 Å². The molecule has 1 fully saturated rings. The lowest BCUT2D eigenvalue weighted by Crippen LogP contribution is -2.55. The van der Waals surface area contributed by atoms with Crippen LogP contribution in [-0.2, 0) is 0 Å². The molecule has 3 rings (SSSR count). The van der Waals surface area contributed by atoms with Gasteiger partial charge in [-0.25, -0.2) is 0 Å². The summed E-state index contributed by atoms with van der Waals surface area (Å²) in [5.41, 5.74) is 2.51. The zero-order valence-corrected chi connectivity index (χ0v) is 11.6. The van der Waals surface area contributed by atoms with Gasteiger partial charge in [-0.3, -0.25) is 4.90 Å². The third-order valence-corrected chi connectivity index (χ3v) is 4.09. The van der Waals surface area contributed by atoms with E-state index in [0.29, 0.717) is 5.92 Å². The smallest absolute Gasteiger partial charge is 0.102 e. The normalized spacial score (nSPS) is 22.2. The second-order valence-corrected chi connectivity index (χ2v) is 5.47. The molecule has 2 heteroatoms. The predicted octanol–water partition coefficient (Wildman–Crippen LogP) is 3.62. The van der Waals surface area contributed by atoms with Crippen LogP contribution in [0.2, 0.25) is 0 Å². The van der Waals surface area contributed by atoms with E-state index in [1.54, 1.807) is 0 Å². The van der Waals surface area contributed by atoms with Crippen molar-refractivity contribution in [2.24, 2.45) is 5.92 Å². The fourth-order valence-corrected chi connectivity index (χ4v) is 3.05. The number of nitriles is 1. The Labute approximate surface area is 120 Å². The second kappa shape index (κ2) is 5.48. The van der Waals surface area contributed by atoms with E-state index in [1.807, 2.05) is 12.1 Å². The molecule has 0 radical (unpaired) electrons. The first-order valence-corrected chi connectivity index (χ1v) is 7.06. The first-order valence-electron chi connectivity index (χ1n) is 7.06. The van der Waals surface area contributed by atoms with Crippen molar-refractivity contribution in [2.75, 3.05) is 6.54 Å². The van der Waals surface area contributed by atoms with Crippen molar-refractivity contribution in [1.82, 2.24) is 4.90 Å². The average Bonchev–Trinajstić information content (AvgIpc) is 2.49. The summed E-state index contributed by atoms with van der Waals surface area (Å²) in [7, 11) is 0. The van der Waals surface area contributed by atoms with Gasteiger partial charge in [-0.2, -0.15) is 5.26 Å². The van der Waals surface area contributed by atoms with E-state index in [1.165, 1.54) is 11.1 Å². The van der Waals surface area contributed by atoms with Gasteiger partial charge < -0.3 is 0 Å². The minimum atomic E-state index is 0.0143. The van der Waals surface area contributed by atoms with Crippen LogP contribution in [-0.4, -0.2) is 17.5 Å². The summed E-state index contributed by atoms with van der Waals surface area (Å²) in [6.45, 7) is 3.13. The standard InChI is InChI=1S/C18H18N2/c1-14-13-20(17(14)12-19)18(15-8-4-2-5-9-15)16-10-6-3-7-11-16/h2-11,14,17-18H,13H2,1H3. The third-order valence-electron chi connectivity index (χ3n) is 4.09. The van der Waals surface area contributed by atoms with Crippen LogP contribution < -0.4 is 0 Å². The van der Waals surface area contributed by atoms with Crippen LogP contribution in [0.5, 0.6) is 0 Å². The van der Waals surface area contributed by atoms with Crippen LogP contribution in [0.25, 0.3) is 0 Å². The minimum Gasteiger partial charge on any atom is -0.276 e. The van der Waals surface area contributed by atoms with Crippen LogP contribution in [0.4, 0.5) is 0 Å². The zero-order chi connectivity index (χ0) is 13.9. The first-order chi connectivity index (χ1) is 9.81. The highest BCUT2D eigenvalue weighted by Crippen LogP contribution is 2.37. The molecule has 100 valence electrons. The number of hydrogen-bond donors (Lipinski definition) is 0. The van der Waals surface area contributed by atoms with E-state index in [2.05, 4.69) is 66.4 Å². The van der Waals surface area contributed by atoms with Crippen molar-refractivity contribution >= 4 is 0 Å². The monoisotopic (exact) mass is 262 g/mol. The molecule has 2 unspecified atom stereocenters. The molecule has 2 nitrogen and oxygen atoms in total. The highest BCUT2D eigenvalue weighted by molar-refractivity contribution is 5.33. The molecule has 0 N–H and O–H groups in total. The maximum atomic E-state index is 9.38. The van der Waals surface area contributed by atoms with Crippen LogP contribution in [0.15, 0.2) is 60.7 Å². The van der Waals surface area contributed by atoms with Gasteiger partial charge in [-0.1, -0.05) is 67.6 Å². The number of nitrogens with zero attached hydrogens (tertiary/aromatic N) is 2. The summed E-state index contributed by atoms with van der Waals surface area (Å²) in [6.07, 6.45) is 0. The Kier molecular flexibility index (Phi) is 3.54. The highest BCUT2D eigenvalue weighted by atomic mass is 15.3. The molecule has 2 aromatic carbocycles. The van der Waals surface area contributed by atoms with Crippen molar-refractivity contribution < 1.29 is 0 Å². The predicted molar refractivity (Wildman–Crippen MR) is 80.0 cm³/mol. The molecule has 2 aromatic rings. The van der Waals surface area contributed by atoms with Crippen LogP contribution >= 0.6 is 0 Å². The molecule has 2 atom stereocenters. The van der Waals surface area contributed by atoms with Gasteiger partial charge in [-0.05, 0) is 17.0 Å². The molecule has 0 aliphatic carbocycles. The Morgan fingerprint density at radius 2 is 1.50 bits per heavy atom. The maximum Gasteiger partial charge on any atom is 0.102 e. The van der Waals surface area contributed by atoms with Crippen LogP contribution in [0.3, 0.4) is 0 Å². The number of rotatable bonds is 3. The van der Waals surface area contributed by atoms with E-state index in [0.717, 1.165) is 6.54 Å². The van der Waals surface area contributed by atoms with E-state index in [9.17, 15) is 5.26 Å². The molecule has 1 saturated heterocycles. The highest BCUT2D eigenvalue weighted by Gasteiger charge is 2.41. The molecule has 0 saturated carbocycles. The summed E-state index contributed by atoms with van der Waals surface area (Å²) in [6, 6.07) is 23.6. The lowest BCUT2D eigenvalue weighted by atomic mass is 9.85. The van der Waals surface area contributed by atoms with Gasteiger partial charge in [0.15, 0.2) is 0 Å². The summed E-state index contributed by atoms with van der Waals surface area (Å²) in [5.74, 6) is 0.454. The summed E-state index contributed by atoms with van der Waals surface area (Å²) in [4.78, 5) is 2.30. The Bertz CT molecular complexity index is 561. The SMILES string of the molecule is CC1CN(C(c2ccccc2)c2ccccc2)C1C#N. The van der Waals surface area contributed by atoms with Crippen molar-refractivity contribution in [3.05, 3.63) is 71.8 Å². The van der Waals surface area contributed by atoms with Gasteiger partial charge in [0.25, 0.3) is 0 Å². The molecule has 20 heavy (non-hydrogen) atoms. The minimum absolute atomic E-state index is 0.0143. The molecular weight excluding hydrogens is 244 g/mol. The van der Waals surface area contributed by atoms with E-state index >= 15 is 0 Å². The molecular formula is C18H18N2. The maximum absolute atomic E-state index is 9.38. The fourth-order valence-electron chi connectivity index (χ4n) is 3.05. The number of benzene rings is 2. The second-order valence-electron chi connectivity index (χ2n) is 5.47. The average molecular weight is 262 g/mol. The Morgan fingerprint density at radius 1 is 1.00 bits per heavy atom. The van der Waals surface area contributed by atoms with E-state index < -0.39 is 0 Å². The molecule has 1 heterocycles. The molecule has 0 spiro atoms. The fraction of sp³-hybridized carbons (Fsp3) is 0.278. The largest absolute Gasteiger partial charge is 0.276 e. The molecule has 0 aromatic heterocycles. The Morgan fingerprint density at radius 3 is 1.90 bits per heavy atom. The molecule has 0 bridgehead atoms. The van der Waals surface area contributed by atoms with Crippen molar-refractivity contribution in [1.29, 1.82) is 5.26 Å². The number of hydrogen-bond acceptors (Lipinski definition) is 2. The lowest BCUT2D eigenvalue weighted by molar-refractivity contribution is 0.0331. The van der Waals surface area contributed by atoms with E-state index in [4.69, 9.17) is 0 Å². The van der Waals surface area contributed by atoms with E-state index in [-0.39, 0.29) is 12.1 Å². The molecule has 1 aliphatic rings. The van der Waals surface area contributed by atoms with Crippen molar-refractivity contribution in [2.45, 2.75) is 19.0 Å². The summed E-state index contributed by atoms with van der Waals surface area (Å²) in [5, 5.41) is 9.38. The van der Waals surface area contributed by atoms with Gasteiger partial charge in [0.2, 0.25) is 0 Å². The lowest BCUT2D eigenvalue weighted by Gasteiger charge is -2.47. The topological polar surface area (TPSA) is 27.0 Å².